The molecule has 2 aromatic rings. The van der Waals surface area contributed by atoms with E-state index in [0.717, 1.165) is 24.7 Å². The molecule has 2 spiro atoms. The SMILES string of the molecule is O=c1n(-c2ccccc2)c(=O)n2n1[C@H]1[C@H]3C4C5[C@]16C[C@@H]1O[C@@H]1C[C@]56[C@@H]2[C@@H]43. The Balaban J connectivity index is 1.38. The van der Waals surface area contributed by atoms with Crippen LogP contribution in [0.2, 0.25) is 0 Å². The van der Waals surface area contributed by atoms with E-state index >= 15 is 0 Å². The lowest BCUT2D eigenvalue weighted by atomic mass is 9.65. The Hall–Kier alpha value is -2.08. The maximum absolute atomic E-state index is 13.4. The van der Waals surface area contributed by atoms with Crippen LogP contribution in [-0.2, 0) is 4.74 Å². The molecule has 8 aliphatic rings. The molecular weight excluding hydrogens is 330 g/mol. The van der Waals surface area contributed by atoms with Crippen molar-refractivity contribution in [1.82, 2.24) is 13.9 Å². The van der Waals surface area contributed by atoms with E-state index in [1.807, 2.05) is 39.7 Å². The van der Waals surface area contributed by atoms with Crippen LogP contribution in [0.1, 0.15) is 24.9 Å². The summed E-state index contributed by atoms with van der Waals surface area (Å²) in [5.74, 6) is 2.82. The fourth-order valence-electron chi connectivity index (χ4n) is 9.27. The number of ether oxygens (including phenoxy) is 1. The van der Waals surface area contributed by atoms with E-state index in [9.17, 15) is 9.59 Å². The molecule has 0 amide bonds. The normalized spacial score (nSPS) is 56.6. The van der Waals surface area contributed by atoms with Crippen molar-refractivity contribution in [1.29, 1.82) is 0 Å². The number of nitrogens with zero attached hydrogens (tertiary/aromatic N) is 3. The van der Waals surface area contributed by atoms with Gasteiger partial charge in [-0.25, -0.2) is 23.5 Å². The largest absolute Gasteiger partial charge is 0.370 e. The summed E-state index contributed by atoms with van der Waals surface area (Å²) in [6, 6.07) is 9.88. The molecule has 5 saturated carbocycles. The monoisotopic (exact) mass is 347 g/mol. The van der Waals surface area contributed by atoms with Gasteiger partial charge in [0.25, 0.3) is 0 Å². The number of rotatable bonds is 1. The predicted molar refractivity (Wildman–Crippen MR) is 89.1 cm³/mol. The lowest BCUT2D eigenvalue weighted by molar-refractivity contribution is -0.0170. The Labute approximate surface area is 148 Å². The number of epoxide rings is 1. The maximum atomic E-state index is 13.4. The van der Waals surface area contributed by atoms with Gasteiger partial charge in [-0.3, -0.25) is 0 Å². The van der Waals surface area contributed by atoms with Crippen molar-refractivity contribution >= 4 is 0 Å². The third kappa shape index (κ3) is 0.839. The van der Waals surface area contributed by atoms with Gasteiger partial charge in [0.05, 0.1) is 30.0 Å². The van der Waals surface area contributed by atoms with Gasteiger partial charge in [-0.2, -0.15) is 0 Å². The van der Waals surface area contributed by atoms with Crippen LogP contribution < -0.4 is 11.4 Å². The minimum Gasteiger partial charge on any atom is -0.370 e. The fraction of sp³-hybridized carbons (Fsp3) is 0.600. The van der Waals surface area contributed by atoms with Crippen LogP contribution in [0.4, 0.5) is 0 Å². The standard InChI is InChI=1S/C20H17N3O3/c24-17-21(8-4-2-1-3-5-8)18(25)23-16-13-11-12(13)15(22(17)23)19-6-9-10(26-9)7-20(16,19)14(11)19/h1-5,9-16H,6-7H2/t9-,10+,11?,12-,13-,14?,15-,16-,19+,20+/m0/s1. The second kappa shape index (κ2) is 3.07. The first-order valence-electron chi connectivity index (χ1n) is 9.89. The highest BCUT2D eigenvalue weighted by Gasteiger charge is 3.04. The van der Waals surface area contributed by atoms with E-state index in [1.165, 1.54) is 4.57 Å². The number of hydrogen-bond donors (Lipinski definition) is 0. The lowest BCUT2D eigenvalue weighted by Crippen LogP contribution is -2.54. The van der Waals surface area contributed by atoms with Crippen molar-refractivity contribution < 1.29 is 4.74 Å². The van der Waals surface area contributed by atoms with Crippen LogP contribution in [0.15, 0.2) is 39.9 Å². The first-order valence-corrected chi connectivity index (χ1v) is 9.89. The molecule has 2 bridgehead atoms. The fourth-order valence-corrected chi connectivity index (χ4v) is 9.27. The van der Waals surface area contributed by atoms with Gasteiger partial charge in [0.2, 0.25) is 0 Å². The smallest absolute Gasteiger partial charge is 0.352 e. The Morgan fingerprint density at radius 2 is 1.42 bits per heavy atom. The van der Waals surface area contributed by atoms with E-state index in [1.54, 1.807) is 0 Å². The van der Waals surface area contributed by atoms with Crippen LogP contribution in [0.25, 0.3) is 5.69 Å². The van der Waals surface area contributed by atoms with E-state index < -0.39 is 0 Å². The summed E-state index contributed by atoms with van der Waals surface area (Å²) >= 11 is 0. The highest BCUT2D eigenvalue weighted by atomic mass is 16.6. The number of fused-ring (bicyclic) bond motifs is 1. The van der Waals surface area contributed by atoms with Crippen LogP contribution in [0, 0.1) is 34.5 Å². The van der Waals surface area contributed by atoms with Crippen molar-refractivity contribution in [3.05, 3.63) is 51.3 Å². The molecule has 1 aromatic heterocycles. The summed E-state index contributed by atoms with van der Waals surface area (Å²) in [4.78, 5) is 26.8. The highest BCUT2D eigenvalue weighted by Crippen LogP contribution is 3.05. The van der Waals surface area contributed by atoms with Gasteiger partial charge in [0.1, 0.15) is 0 Å². The van der Waals surface area contributed by atoms with E-state index in [4.69, 9.17) is 4.74 Å². The summed E-state index contributed by atoms with van der Waals surface area (Å²) in [6.45, 7) is 0. The molecule has 1 saturated heterocycles. The molecule has 6 fully saturated rings. The molecule has 0 N–H and O–H groups in total. The summed E-state index contributed by atoms with van der Waals surface area (Å²) < 4.78 is 11.1. The molecule has 26 heavy (non-hydrogen) atoms. The van der Waals surface area contributed by atoms with E-state index in [-0.39, 0.29) is 34.3 Å². The van der Waals surface area contributed by atoms with Gasteiger partial charge in [-0.1, -0.05) is 18.2 Å². The molecule has 10 atom stereocenters. The second-order valence-corrected chi connectivity index (χ2v) is 9.73. The Morgan fingerprint density at radius 3 is 2.00 bits per heavy atom. The first-order chi connectivity index (χ1) is 12.7. The van der Waals surface area contributed by atoms with E-state index in [2.05, 4.69) is 0 Å². The van der Waals surface area contributed by atoms with Crippen molar-refractivity contribution in [2.45, 2.75) is 37.1 Å². The third-order valence-electron chi connectivity index (χ3n) is 9.57. The summed E-state index contributed by atoms with van der Waals surface area (Å²) in [6.07, 6.45) is 3.10. The number of benzene rings is 1. The molecule has 6 nitrogen and oxygen atoms in total. The van der Waals surface area contributed by atoms with Crippen LogP contribution >= 0.6 is 0 Å². The third-order valence-corrected chi connectivity index (χ3v) is 9.57. The van der Waals surface area contributed by atoms with Crippen molar-refractivity contribution in [2.24, 2.45) is 34.5 Å². The Kier molecular flexibility index (Phi) is 1.45. The van der Waals surface area contributed by atoms with Gasteiger partial charge in [-0.15, -0.1) is 0 Å². The average Bonchev–Trinajstić information content (AvgIpc) is 3.55. The summed E-state index contributed by atoms with van der Waals surface area (Å²) in [5.41, 5.74) is 0.955. The quantitative estimate of drug-likeness (QED) is 0.722. The van der Waals surface area contributed by atoms with Gasteiger partial charge < -0.3 is 4.74 Å². The number of hydrogen-bond acceptors (Lipinski definition) is 3. The molecule has 6 heteroatoms. The Morgan fingerprint density at radius 1 is 0.846 bits per heavy atom. The Bertz CT molecular complexity index is 1120. The number of para-hydroxylation sites is 1. The molecule has 10 rings (SSSR count). The zero-order valence-corrected chi connectivity index (χ0v) is 14.0. The van der Waals surface area contributed by atoms with Gasteiger partial charge in [0, 0.05) is 10.8 Å². The van der Waals surface area contributed by atoms with Crippen molar-refractivity contribution in [2.75, 3.05) is 0 Å². The topological polar surface area (TPSA) is 61.5 Å². The van der Waals surface area contributed by atoms with Gasteiger partial charge in [-0.05, 0) is 48.6 Å². The lowest BCUT2D eigenvalue weighted by Gasteiger charge is -2.49. The van der Waals surface area contributed by atoms with Crippen molar-refractivity contribution in [3.8, 4) is 5.69 Å². The molecule has 4 heterocycles. The van der Waals surface area contributed by atoms with E-state index in [0.29, 0.717) is 29.7 Å². The molecule has 5 aliphatic carbocycles. The van der Waals surface area contributed by atoms with Gasteiger partial charge >= 0.3 is 11.4 Å². The predicted octanol–water partition coefficient (Wildman–Crippen LogP) is 0.950. The average molecular weight is 347 g/mol. The highest BCUT2D eigenvalue weighted by molar-refractivity contribution is 5.51. The molecular formula is C20H17N3O3. The van der Waals surface area contributed by atoms with Gasteiger partial charge in [0.15, 0.2) is 0 Å². The summed E-state index contributed by atoms with van der Waals surface area (Å²) in [5, 5.41) is 0. The molecule has 0 radical (unpaired) electrons. The van der Waals surface area contributed by atoms with Crippen LogP contribution in [-0.4, -0.2) is 26.1 Å². The van der Waals surface area contributed by atoms with Crippen LogP contribution in [0.5, 0.6) is 0 Å². The van der Waals surface area contributed by atoms with Crippen molar-refractivity contribution in [3.63, 3.8) is 0 Å². The molecule has 1 aromatic carbocycles. The minimum absolute atomic E-state index is 0.130. The number of aromatic nitrogens is 3. The minimum atomic E-state index is -0.130. The molecule has 130 valence electrons. The first kappa shape index (κ1) is 12.3. The zero-order valence-electron chi connectivity index (χ0n) is 14.0. The molecule has 3 aliphatic heterocycles. The second-order valence-electron chi connectivity index (χ2n) is 9.73. The maximum Gasteiger partial charge on any atom is 0.352 e. The molecule has 2 unspecified atom stereocenters. The zero-order chi connectivity index (χ0) is 16.7. The summed E-state index contributed by atoms with van der Waals surface area (Å²) in [7, 11) is 0. The van der Waals surface area contributed by atoms with Crippen LogP contribution in [0.3, 0.4) is 0 Å².